The maximum absolute atomic E-state index is 13.8. The van der Waals surface area contributed by atoms with Crippen LogP contribution in [0.2, 0.25) is 0 Å². The first-order valence-electron chi connectivity index (χ1n) is 8.56. The second-order valence-electron chi connectivity index (χ2n) is 6.55. The number of nitrogens with zero attached hydrogens (tertiary/aromatic N) is 1. The van der Waals surface area contributed by atoms with Crippen LogP contribution in [0.5, 0.6) is 5.75 Å². The summed E-state index contributed by atoms with van der Waals surface area (Å²) in [5, 5.41) is 20.6. The molecule has 1 aliphatic heterocycles. The van der Waals surface area contributed by atoms with Crippen LogP contribution in [0.1, 0.15) is 37.3 Å². The van der Waals surface area contributed by atoms with E-state index in [2.05, 4.69) is 11.8 Å². The van der Waals surface area contributed by atoms with Gasteiger partial charge in [0, 0.05) is 24.3 Å². The van der Waals surface area contributed by atoms with Gasteiger partial charge in [0.1, 0.15) is 11.6 Å². The smallest absolute Gasteiger partial charge is 0.123 e. The van der Waals surface area contributed by atoms with E-state index in [0.717, 1.165) is 37.1 Å². The van der Waals surface area contributed by atoms with Gasteiger partial charge in [0.15, 0.2) is 0 Å². The molecule has 0 amide bonds. The van der Waals surface area contributed by atoms with Crippen LogP contribution in [0.4, 0.5) is 10.1 Å². The van der Waals surface area contributed by atoms with Gasteiger partial charge in [0.25, 0.3) is 0 Å². The topological polar surface area (TPSA) is 43.7 Å². The van der Waals surface area contributed by atoms with Gasteiger partial charge in [-0.25, -0.2) is 4.39 Å². The summed E-state index contributed by atoms with van der Waals surface area (Å²) in [7, 11) is 0. The lowest BCUT2D eigenvalue weighted by Gasteiger charge is -2.30. The Morgan fingerprint density at radius 2 is 1.92 bits per heavy atom. The predicted molar refractivity (Wildman–Crippen MR) is 94.1 cm³/mol. The molecule has 1 heterocycles. The highest BCUT2D eigenvalue weighted by Gasteiger charge is 2.45. The SMILES string of the molecule is CCCCCN1CC(CO)(c2cc(F)ccc2O)c2ccccc21. The molecule has 0 spiro atoms. The molecule has 24 heavy (non-hydrogen) atoms. The molecule has 128 valence electrons. The zero-order chi connectivity index (χ0) is 17.2. The van der Waals surface area contributed by atoms with E-state index in [9.17, 15) is 14.6 Å². The standard InChI is InChI=1S/C20H24FNO2/c1-2-3-6-11-22-13-20(14-23,16-7-4-5-8-18(16)22)17-12-15(21)9-10-19(17)24/h4-5,7-10,12,23-24H,2-3,6,11,13-14H2,1H3. The van der Waals surface area contributed by atoms with Crippen LogP contribution in [0, 0.1) is 5.82 Å². The maximum atomic E-state index is 13.8. The van der Waals surface area contributed by atoms with E-state index in [1.807, 2.05) is 24.3 Å². The van der Waals surface area contributed by atoms with E-state index >= 15 is 0 Å². The van der Waals surface area contributed by atoms with E-state index in [-0.39, 0.29) is 12.4 Å². The molecule has 0 saturated heterocycles. The van der Waals surface area contributed by atoms with E-state index in [4.69, 9.17) is 0 Å². The first kappa shape index (κ1) is 16.8. The molecule has 0 fully saturated rings. The molecule has 0 aromatic heterocycles. The fraction of sp³-hybridized carbons (Fsp3) is 0.400. The highest BCUT2D eigenvalue weighted by molar-refractivity contribution is 5.67. The van der Waals surface area contributed by atoms with Crippen LogP contribution in [0.3, 0.4) is 0 Å². The van der Waals surface area contributed by atoms with Gasteiger partial charge in [0.2, 0.25) is 0 Å². The number of aliphatic hydroxyl groups is 1. The number of hydrogen-bond donors (Lipinski definition) is 2. The molecule has 0 saturated carbocycles. The number of para-hydroxylation sites is 1. The number of anilines is 1. The lowest BCUT2D eigenvalue weighted by Crippen LogP contribution is -2.38. The third-order valence-electron chi connectivity index (χ3n) is 5.00. The molecule has 3 nitrogen and oxygen atoms in total. The van der Waals surface area contributed by atoms with Crippen molar-refractivity contribution in [2.24, 2.45) is 0 Å². The number of rotatable bonds is 6. The highest BCUT2D eigenvalue weighted by atomic mass is 19.1. The minimum absolute atomic E-state index is 0.0238. The molecule has 3 rings (SSSR count). The second-order valence-corrected chi connectivity index (χ2v) is 6.55. The minimum atomic E-state index is -0.797. The van der Waals surface area contributed by atoms with Crippen molar-refractivity contribution in [2.45, 2.75) is 31.6 Å². The fourth-order valence-corrected chi connectivity index (χ4v) is 3.74. The van der Waals surface area contributed by atoms with E-state index < -0.39 is 11.2 Å². The zero-order valence-electron chi connectivity index (χ0n) is 14.0. The molecule has 2 N–H and O–H groups in total. The molecule has 2 aromatic rings. The first-order chi connectivity index (χ1) is 11.6. The van der Waals surface area contributed by atoms with Gasteiger partial charge < -0.3 is 15.1 Å². The molecule has 0 aliphatic carbocycles. The molecule has 1 unspecified atom stereocenters. The maximum Gasteiger partial charge on any atom is 0.123 e. The molecule has 0 bridgehead atoms. The molecule has 1 atom stereocenters. The zero-order valence-corrected chi connectivity index (χ0v) is 14.0. The van der Waals surface area contributed by atoms with Crippen LogP contribution in [0.15, 0.2) is 42.5 Å². The summed E-state index contributed by atoms with van der Waals surface area (Å²) in [6.45, 7) is 3.43. The largest absolute Gasteiger partial charge is 0.508 e. The summed E-state index contributed by atoms with van der Waals surface area (Å²) in [6, 6.07) is 11.9. The summed E-state index contributed by atoms with van der Waals surface area (Å²) < 4.78 is 13.8. The number of aromatic hydroxyl groups is 1. The Bertz CT molecular complexity index is 719. The summed E-state index contributed by atoms with van der Waals surface area (Å²) in [5.41, 5.74) is 1.67. The van der Waals surface area contributed by atoms with Gasteiger partial charge in [0.05, 0.1) is 12.0 Å². The molecular formula is C20H24FNO2. The van der Waals surface area contributed by atoms with Crippen molar-refractivity contribution in [2.75, 3.05) is 24.6 Å². The number of aliphatic hydroxyl groups excluding tert-OH is 1. The molecule has 1 aliphatic rings. The lowest BCUT2D eigenvalue weighted by molar-refractivity contribution is 0.224. The Morgan fingerprint density at radius 3 is 2.67 bits per heavy atom. The number of hydrogen-bond acceptors (Lipinski definition) is 3. The minimum Gasteiger partial charge on any atom is -0.508 e. The van der Waals surface area contributed by atoms with Crippen LogP contribution >= 0.6 is 0 Å². The van der Waals surface area contributed by atoms with E-state index in [1.54, 1.807) is 0 Å². The van der Waals surface area contributed by atoms with Crippen molar-refractivity contribution in [3.8, 4) is 5.75 Å². The second kappa shape index (κ2) is 6.81. The lowest BCUT2D eigenvalue weighted by atomic mass is 9.76. The van der Waals surface area contributed by atoms with Gasteiger partial charge in [-0.05, 0) is 36.2 Å². The monoisotopic (exact) mass is 329 g/mol. The highest BCUT2D eigenvalue weighted by Crippen LogP contribution is 2.47. The average molecular weight is 329 g/mol. The molecule has 4 heteroatoms. The van der Waals surface area contributed by atoms with E-state index in [0.29, 0.717) is 12.1 Å². The van der Waals surface area contributed by atoms with Crippen LogP contribution in [-0.4, -0.2) is 29.9 Å². The average Bonchev–Trinajstić information content (AvgIpc) is 2.92. The van der Waals surface area contributed by atoms with Crippen molar-refractivity contribution in [1.29, 1.82) is 0 Å². The number of phenolic OH excluding ortho intramolecular Hbond substituents is 1. The Kier molecular flexibility index (Phi) is 4.76. The van der Waals surface area contributed by atoms with Crippen molar-refractivity contribution >= 4 is 5.69 Å². The Labute approximate surface area is 142 Å². The van der Waals surface area contributed by atoms with Crippen molar-refractivity contribution < 1.29 is 14.6 Å². The number of unbranched alkanes of at least 4 members (excludes halogenated alkanes) is 2. The van der Waals surface area contributed by atoms with Gasteiger partial charge in [-0.3, -0.25) is 0 Å². The molecule has 0 radical (unpaired) electrons. The van der Waals surface area contributed by atoms with Gasteiger partial charge >= 0.3 is 0 Å². The molecular weight excluding hydrogens is 305 g/mol. The van der Waals surface area contributed by atoms with Gasteiger partial charge in [-0.15, -0.1) is 0 Å². The quantitative estimate of drug-likeness (QED) is 0.792. The van der Waals surface area contributed by atoms with Crippen molar-refractivity contribution in [3.63, 3.8) is 0 Å². The fourth-order valence-electron chi connectivity index (χ4n) is 3.74. The van der Waals surface area contributed by atoms with Crippen molar-refractivity contribution in [3.05, 3.63) is 59.4 Å². The summed E-state index contributed by atoms with van der Waals surface area (Å²) in [5.74, 6) is -0.381. The van der Waals surface area contributed by atoms with Gasteiger partial charge in [-0.2, -0.15) is 0 Å². The third kappa shape index (κ3) is 2.75. The van der Waals surface area contributed by atoms with Crippen LogP contribution in [-0.2, 0) is 5.41 Å². The Hall–Kier alpha value is -2.07. The number of benzene rings is 2. The molecule has 2 aromatic carbocycles. The first-order valence-corrected chi connectivity index (χ1v) is 8.56. The summed E-state index contributed by atoms with van der Waals surface area (Å²) >= 11 is 0. The number of phenols is 1. The Balaban J connectivity index is 2.06. The number of halogens is 1. The number of fused-ring (bicyclic) bond motifs is 1. The van der Waals surface area contributed by atoms with Crippen LogP contribution in [0.25, 0.3) is 0 Å². The van der Waals surface area contributed by atoms with Crippen molar-refractivity contribution in [1.82, 2.24) is 0 Å². The third-order valence-corrected chi connectivity index (χ3v) is 5.00. The predicted octanol–water partition coefficient (Wildman–Crippen LogP) is 3.82. The van der Waals surface area contributed by atoms with Gasteiger partial charge in [-0.1, -0.05) is 38.0 Å². The Morgan fingerprint density at radius 1 is 1.12 bits per heavy atom. The normalized spacial score (nSPS) is 19.5. The summed E-state index contributed by atoms with van der Waals surface area (Å²) in [6.07, 6.45) is 3.36. The summed E-state index contributed by atoms with van der Waals surface area (Å²) in [4.78, 5) is 2.24. The van der Waals surface area contributed by atoms with Crippen LogP contribution < -0.4 is 4.90 Å². The van der Waals surface area contributed by atoms with E-state index in [1.165, 1.54) is 18.2 Å².